The molecular weight excluding hydrogens is 480 g/mol. The number of aryl methyl sites for hydroxylation is 1. The number of rotatable bonds is 5. The Bertz CT molecular complexity index is 1300. The second kappa shape index (κ2) is 9.87. The molecule has 3 aromatic rings. The number of amides is 1. The van der Waals surface area contributed by atoms with Crippen LogP contribution in [0.2, 0.25) is 0 Å². The van der Waals surface area contributed by atoms with E-state index in [2.05, 4.69) is 36.9 Å². The zero-order valence-corrected chi connectivity index (χ0v) is 21.9. The van der Waals surface area contributed by atoms with Crippen LogP contribution in [0.3, 0.4) is 0 Å². The highest BCUT2D eigenvalue weighted by molar-refractivity contribution is 7.89. The first kappa shape index (κ1) is 24.2. The van der Waals surface area contributed by atoms with Gasteiger partial charge in [-0.25, -0.2) is 13.4 Å². The maximum Gasteiger partial charge on any atom is 0.253 e. The van der Waals surface area contributed by atoms with Gasteiger partial charge in [0.15, 0.2) is 5.13 Å². The summed E-state index contributed by atoms with van der Waals surface area (Å²) in [4.78, 5) is 22.2. The highest BCUT2D eigenvalue weighted by atomic mass is 32.2. The predicted octanol–water partition coefficient (Wildman–Crippen LogP) is 4.24. The van der Waals surface area contributed by atoms with Crippen molar-refractivity contribution in [3.05, 3.63) is 53.6 Å². The molecule has 7 nitrogen and oxygen atoms in total. The molecule has 0 radical (unpaired) electrons. The van der Waals surface area contributed by atoms with Crippen molar-refractivity contribution in [2.45, 2.75) is 38.0 Å². The van der Waals surface area contributed by atoms with Crippen molar-refractivity contribution >= 4 is 42.6 Å². The molecule has 0 bridgehead atoms. The smallest absolute Gasteiger partial charge is 0.253 e. The summed E-state index contributed by atoms with van der Waals surface area (Å²) in [6.45, 7) is 8.11. The van der Waals surface area contributed by atoms with E-state index in [1.54, 1.807) is 39.9 Å². The number of benzene rings is 2. The van der Waals surface area contributed by atoms with Gasteiger partial charge >= 0.3 is 0 Å². The third kappa shape index (κ3) is 4.94. The molecule has 186 valence electrons. The number of nitrogens with zero attached hydrogens (tertiary/aromatic N) is 4. The average molecular weight is 513 g/mol. The fourth-order valence-electron chi connectivity index (χ4n) is 4.74. The van der Waals surface area contributed by atoms with E-state index < -0.39 is 10.0 Å². The Morgan fingerprint density at radius 2 is 1.69 bits per heavy atom. The van der Waals surface area contributed by atoms with Crippen molar-refractivity contribution in [1.82, 2.24) is 14.2 Å². The second-order valence-electron chi connectivity index (χ2n) is 9.54. The maximum absolute atomic E-state index is 13.1. The first-order valence-electron chi connectivity index (χ1n) is 12.4. The van der Waals surface area contributed by atoms with Crippen LogP contribution in [0, 0.1) is 5.92 Å². The van der Waals surface area contributed by atoms with E-state index in [-0.39, 0.29) is 10.8 Å². The minimum atomic E-state index is -3.51. The van der Waals surface area contributed by atoms with Gasteiger partial charge in [-0.2, -0.15) is 4.31 Å². The Labute approximate surface area is 211 Å². The van der Waals surface area contributed by atoms with Crippen molar-refractivity contribution in [2.24, 2.45) is 5.92 Å². The lowest BCUT2D eigenvalue weighted by atomic mass is 10.0. The van der Waals surface area contributed by atoms with Crippen molar-refractivity contribution < 1.29 is 13.2 Å². The summed E-state index contributed by atoms with van der Waals surface area (Å²) in [6, 6.07) is 12.9. The summed E-state index contributed by atoms with van der Waals surface area (Å²) in [6.07, 6.45) is 2.78. The standard InChI is InChI=1S/C26H32N4O3S2/c1-3-20-4-9-23-24(18-20)34-26(27-23)29-16-14-28(15-17-29)25(31)21-5-7-22(8-6-21)35(32,33)30-12-10-19(2)11-13-30/h4-9,18-19H,3,10-17H2,1-2H3. The van der Waals surface area contributed by atoms with Gasteiger partial charge in [0, 0.05) is 44.8 Å². The topological polar surface area (TPSA) is 73.8 Å². The Morgan fingerprint density at radius 3 is 2.34 bits per heavy atom. The Kier molecular flexibility index (Phi) is 6.83. The monoisotopic (exact) mass is 512 g/mol. The molecule has 0 aliphatic carbocycles. The molecule has 5 rings (SSSR count). The third-order valence-corrected chi connectivity index (χ3v) is 10.2. The quantitative estimate of drug-likeness (QED) is 0.511. The van der Waals surface area contributed by atoms with Crippen molar-refractivity contribution in [3.63, 3.8) is 0 Å². The van der Waals surface area contributed by atoms with Gasteiger partial charge in [0.25, 0.3) is 5.91 Å². The zero-order chi connectivity index (χ0) is 24.6. The number of hydrogen-bond donors (Lipinski definition) is 0. The van der Waals surface area contributed by atoms with Crippen molar-refractivity contribution in [3.8, 4) is 0 Å². The molecule has 2 aliphatic rings. The molecule has 0 atom stereocenters. The number of carbonyl (C=O) groups excluding carboxylic acids is 1. The summed E-state index contributed by atoms with van der Waals surface area (Å²) in [5.74, 6) is 0.503. The largest absolute Gasteiger partial charge is 0.345 e. The van der Waals surface area contributed by atoms with Crippen LogP contribution >= 0.6 is 11.3 Å². The van der Waals surface area contributed by atoms with Crippen LogP contribution in [0.1, 0.15) is 42.6 Å². The summed E-state index contributed by atoms with van der Waals surface area (Å²) < 4.78 is 28.7. The fraction of sp³-hybridized carbons (Fsp3) is 0.462. The molecule has 35 heavy (non-hydrogen) atoms. The Morgan fingerprint density at radius 1 is 1.00 bits per heavy atom. The molecule has 2 fully saturated rings. The number of aromatic nitrogens is 1. The summed E-state index contributed by atoms with van der Waals surface area (Å²) in [7, 11) is -3.51. The molecular formula is C26H32N4O3S2. The lowest BCUT2D eigenvalue weighted by Crippen LogP contribution is -2.48. The normalized spacial score (nSPS) is 18.3. The first-order valence-corrected chi connectivity index (χ1v) is 14.6. The minimum Gasteiger partial charge on any atom is -0.345 e. The number of piperazine rings is 1. The second-order valence-corrected chi connectivity index (χ2v) is 12.5. The molecule has 0 spiro atoms. The molecule has 1 amide bonds. The molecule has 9 heteroatoms. The van der Waals surface area contributed by atoms with Gasteiger partial charge in [0.2, 0.25) is 10.0 Å². The number of carbonyl (C=O) groups is 1. The molecule has 0 unspecified atom stereocenters. The Hall–Kier alpha value is -2.49. The number of hydrogen-bond acceptors (Lipinski definition) is 6. The van der Waals surface area contributed by atoms with Crippen LogP contribution in [-0.4, -0.2) is 67.8 Å². The van der Waals surface area contributed by atoms with Gasteiger partial charge in [-0.1, -0.05) is 31.3 Å². The zero-order valence-electron chi connectivity index (χ0n) is 20.3. The summed E-state index contributed by atoms with van der Waals surface area (Å²) >= 11 is 1.71. The van der Waals surface area contributed by atoms with Gasteiger partial charge in [-0.15, -0.1) is 0 Å². The van der Waals surface area contributed by atoms with Crippen molar-refractivity contribution in [2.75, 3.05) is 44.2 Å². The van der Waals surface area contributed by atoms with Crippen LogP contribution in [0.4, 0.5) is 5.13 Å². The average Bonchev–Trinajstić information content (AvgIpc) is 3.32. The number of anilines is 1. The van der Waals surface area contributed by atoms with Crippen LogP contribution < -0.4 is 4.90 Å². The summed E-state index contributed by atoms with van der Waals surface area (Å²) in [5, 5.41) is 1.00. The van der Waals surface area contributed by atoms with E-state index in [1.165, 1.54) is 10.3 Å². The number of sulfonamides is 1. The summed E-state index contributed by atoms with van der Waals surface area (Å²) in [5.41, 5.74) is 2.86. The molecule has 2 aromatic carbocycles. The Balaban J connectivity index is 1.22. The van der Waals surface area contributed by atoms with Crippen LogP contribution in [0.25, 0.3) is 10.2 Å². The van der Waals surface area contributed by atoms with E-state index in [4.69, 9.17) is 4.98 Å². The molecule has 1 aromatic heterocycles. The highest BCUT2D eigenvalue weighted by Gasteiger charge is 2.29. The molecule has 2 aliphatic heterocycles. The fourth-order valence-corrected chi connectivity index (χ4v) is 7.29. The van der Waals surface area contributed by atoms with Crippen LogP contribution in [0.5, 0.6) is 0 Å². The maximum atomic E-state index is 13.1. The minimum absolute atomic E-state index is 0.0581. The molecule has 0 N–H and O–H groups in total. The lowest BCUT2D eigenvalue weighted by Gasteiger charge is -2.34. The first-order chi connectivity index (χ1) is 16.8. The van der Waals surface area contributed by atoms with E-state index in [9.17, 15) is 13.2 Å². The number of piperidine rings is 1. The number of fused-ring (bicyclic) bond motifs is 1. The number of thiazole rings is 1. The van der Waals surface area contributed by atoms with E-state index in [1.807, 2.05) is 4.90 Å². The van der Waals surface area contributed by atoms with Gasteiger partial charge in [-0.3, -0.25) is 4.79 Å². The van der Waals surface area contributed by atoms with Gasteiger partial charge < -0.3 is 9.80 Å². The third-order valence-electron chi connectivity index (χ3n) is 7.17. The van der Waals surface area contributed by atoms with E-state index >= 15 is 0 Å². The lowest BCUT2D eigenvalue weighted by molar-refractivity contribution is 0.0746. The van der Waals surface area contributed by atoms with Crippen LogP contribution in [-0.2, 0) is 16.4 Å². The van der Waals surface area contributed by atoms with Crippen molar-refractivity contribution in [1.29, 1.82) is 0 Å². The highest BCUT2D eigenvalue weighted by Crippen LogP contribution is 2.30. The molecule has 0 saturated carbocycles. The van der Waals surface area contributed by atoms with Gasteiger partial charge in [-0.05, 0) is 67.1 Å². The van der Waals surface area contributed by atoms with E-state index in [0.717, 1.165) is 43.0 Å². The van der Waals surface area contributed by atoms with Gasteiger partial charge in [0.05, 0.1) is 15.1 Å². The predicted molar refractivity (Wildman–Crippen MR) is 141 cm³/mol. The van der Waals surface area contributed by atoms with E-state index in [0.29, 0.717) is 37.7 Å². The SMILES string of the molecule is CCc1ccc2nc(N3CCN(C(=O)c4ccc(S(=O)(=O)N5CCC(C)CC5)cc4)CC3)sc2c1. The molecule has 3 heterocycles. The molecule has 2 saturated heterocycles. The van der Waals surface area contributed by atoms with Crippen LogP contribution in [0.15, 0.2) is 47.4 Å². The van der Waals surface area contributed by atoms with Gasteiger partial charge in [0.1, 0.15) is 0 Å².